The predicted octanol–water partition coefficient (Wildman–Crippen LogP) is 1.47. The number of nitrogen functional groups attached to an aromatic ring is 1. The van der Waals surface area contributed by atoms with E-state index < -0.39 is 10.0 Å². The number of ether oxygens (including phenoxy) is 1. The van der Waals surface area contributed by atoms with E-state index in [2.05, 4.69) is 6.58 Å². The van der Waals surface area contributed by atoms with Gasteiger partial charge in [-0.2, -0.15) is 4.31 Å². The van der Waals surface area contributed by atoms with Gasteiger partial charge in [0.25, 0.3) is 0 Å². The standard InChI is InChI=1S/C12H18N2O3S/c1-4-8-14(5-2)18(15,16)12-7-6-10(17-3)9-11(12)13/h4,6-7,9H,1,5,8,13H2,2-3H3. The molecule has 5 nitrogen and oxygen atoms in total. The van der Waals surface area contributed by atoms with Gasteiger partial charge in [-0.15, -0.1) is 6.58 Å². The minimum Gasteiger partial charge on any atom is -0.497 e. The van der Waals surface area contributed by atoms with Gasteiger partial charge in [-0.25, -0.2) is 8.42 Å². The molecular formula is C12H18N2O3S. The van der Waals surface area contributed by atoms with Crippen LogP contribution in [0.15, 0.2) is 35.7 Å². The predicted molar refractivity (Wildman–Crippen MR) is 72.0 cm³/mol. The summed E-state index contributed by atoms with van der Waals surface area (Å²) in [6, 6.07) is 4.52. The van der Waals surface area contributed by atoms with Crippen LogP contribution in [0, 0.1) is 0 Å². The van der Waals surface area contributed by atoms with Gasteiger partial charge >= 0.3 is 0 Å². The number of anilines is 1. The van der Waals surface area contributed by atoms with E-state index >= 15 is 0 Å². The molecule has 100 valence electrons. The van der Waals surface area contributed by atoms with Crippen molar-refractivity contribution in [3.05, 3.63) is 30.9 Å². The Morgan fingerprint density at radius 1 is 1.50 bits per heavy atom. The third kappa shape index (κ3) is 2.83. The second-order valence-electron chi connectivity index (χ2n) is 3.65. The fourth-order valence-electron chi connectivity index (χ4n) is 1.57. The largest absolute Gasteiger partial charge is 0.497 e. The number of hydrogen-bond acceptors (Lipinski definition) is 4. The fraction of sp³-hybridized carbons (Fsp3) is 0.333. The molecule has 1 rings (SSSR count). The highest BCUT2D eigenvalue weighted by Gasteiger charge is 2.24. The number of sulfonamides is 1. The molecule has 0 bridgehead atoms. The molecule has 0 spiro atoms. The van der Waals surface area contributed by atoms with Crippen molar-refractivity contribution in [3.8, 4) is 5.75 Å². The highest BCUT2D eigenvalue weighted by Crippen LogP contribution is 2.26. The molecule has 0 radical (unpaired) electrons. The number of likely N-dealkylation sites (N-methyl/N-ethyl adjacent to an activating group) is 1. The molecular weight excluding hydrogens is 252 g/mol. The first kappa shape index (κ1) is 14.5. The Hall–Kier alpha value is -1.53. The highest BCUT2D eigenvalue weighted by molar-refractivity contribution is 7.89. The molecule has 0 aliphatic rings. The van der Waals surface area contributed by atoms with Gasteiger partial charge in [-0.05, 0) is 12.1 Å². The summed E-state index contributed by atoms with van der Waals surface area (Å²) in [5.41, 5.74) is 5.94. The summed E-state index contributed by atoms with van der Waals surface area (Å²) in [6.07, 6.45) is 1.54. The van der Waals surface area contributed by atoms with Crippen LogP contribution in [0.4, 0.5) is 5.69 Å². The maximum Gasteiger partial charge on any atom is 0.245 e. The normalized spacial score (nSPS) is 11.5. The molecule has 0 amide bonds. The monoisotopic (exact) mass is 270 g/mol. The lowest BCUT2D eigenvalue weighted by atomic mass is 10.3. The maximum absolute atomic E-state index is 12.3. The second kappa shape index (κ2) is 5.88. The van der Waals surface area contributed by atoms with E-state index in [1.165, 1.54) is 23.5 Å². The van der Waals surface area contributed by atoms with Crippen LogP contribution in [0.3, 0.4) is 0 Å². The van der Waals surface area contributed by atoms with Gasteiger partial charge in [-0.3, -0.25) is 0 Å². The Labute approximate surface area is 108 Å². The number of rotatable bonds is 6. The number of hydrogen-bond donors (Lipinski definition) is 1. The van der Waals surface area contributed by atoms with Gasteiger partial charge in [0.15, 0.2) is 0 Å². The van der Waals surface area contributed by atoms with Gasteiger partial charge in [0.1, 0.15) is 10.6 Å². The number of benzene rings is 1. The average Bonchev–Trinajstić information content (AvgIpc) is 2.35. The maximum atomic E-state index is 12.3. The van der Waals surface area contributed by atoms with Crippen LogP contribution < -0.4 is 10.5 Å². The lowest BCUT2D eigenvalue weighted by molar-refractivity contribution is 0.414. The fourth-order valence-corrected chi connectivity index (χ4v) is 3.09. The zero-order valence-electron chi connectivity index (χ0n) is 10.6. The first-order valence-electron chi connectivity index (χ1n) is 5.52. The van der Waals surface area contributed by atoms with Crippen LogP contribution in [0.25, 0.3) is 0 Å². The molecule has 0 fully saturated rings. The van der Waals surface area contributed by atoms with Crippen molar-refractivity contribution >= 4 is 15.7 Å². The van der Waals surface area contributed by atoms with Crippen LogP contribution >= 0.6 is 0 Å². The summed E-state index contributed by atoms with van der Waals surface area (Å²) >= 11 is 0. The topological polar surface area (TPSA) is 72.6 Å². The van der Waals surface area contributed by atoms with Crippen LogP contribution in [0.2, 0.25) is 0 Å². The third-order valence-electron chi connectivity index (χ3n) is 2.52. The molecule has 0 saturated carbocycles. The summed E-state index contributed by atoms with van der Waals surface area (Å²) in [6.45, 7) is 5.93. The first-order valence-corrected chi connectivity index (χ1v) is 6.96. The highest BCUT2D eigenvalue weighted by atomic mass is 32.2. The van der Waals surface area contributed by atoms with Crippen molar-refractivity contribution in [2.75, 3.05) is 25.9 Å². The van der Waals surface area contributed by atoms with Crippen LogP contribution in [-0.4, -0.2) is 32.9 Å². The number of nitrogens with two attached hydrogens (primary N) is 1. The summed E-state index contributed by atoms with van der Waals surface area (Å²) in [7, 11) is -2.09. The van der Waals surface area contributed by atoms with E-state index in [4.69, 9.17) is 10.5 Å². The Kier molecular flexibility index (Phi) is 4.75. The number of methoxy groups -OCH3 is 1. The van der Waals surface area contributed by atoms with E-state index in [0.717, 1.165) is 0 Å². The van der Waals surface area contributed by atoms with Crippen LogP contribution in [0.5, 0.6) is 5.75 Å². The Balaban J connectivity index is 3.23. The number of nitrogens with zero attached hydrogens (tertiary/aromatic N) is 1. The molecule has 0 unspecified atom stereocenters. The molecule has 1 aromatic rings. The van der Waals surface area contributed by atoms with Crippen molar-refractivity contribution in [2.45, 2.75) is 11.8 Å². The van der Waals surface area contributed by atoms with Crippen molar-refractivity contribution in [1.29, 1.82) is 0 Å². The van der Waals surface area contributed by atoms with Crippen LogP contribution in [0.1, 0.15) is 6.92 Å². The van der Waals surface area contributed by atoms with Gasteiger partial charge in [0.2, 0.25) is 10.0 Å². The van der Waals surface area contributed by atoms with Gasteiger partial charge in [0, 0.05) is 19.2 Å². The second-order valence-corrected chi connectivity index (χ2v) is 5.55. The molecule has 0 aliphatic carbocycles. The summed E-state index contributed by atoms with van der Waals surface area (Å²) in [5.74, 6) is 0.526. The molecule has 18 heavy (non-hydrogen) atoms. The molecule has 0 aromatic heterocycles. The molecule has 0 saturated heterocycles. The molecule has 2 N–H and O–H groups in total. The first-order chi connectivity index (χ1) is 8.47. The third-order valence-corrected chi connectivity index (χ3v) is 4.53. The minimum absolute atomic E-state index is 0.0898. The Morgan fingerprint density at radius 2 is 2.17 bits per heavy atom. The van der Waals surface area contributed by atoms with E-state index in [9.17, 15) is 8.42 Å². The Bertz CT molecular complexity index is 526. The van der Waals surface area contributed by atoms with E-state index in [1.807, 2.05) is 0 Å². The van der Waals surface area contributed by atoms with Gasteiger partial charge in [-0.1, -0.05) is 13.0 Å². The summed E-state index contributed by atoms with van der Waals surface area (Å²) < 4.78 is 31.0. The van der Waals surface area contributed by atoms with Crippen molar-refractivity contribution in [1.82, 2.24) is 4.31 Å². The van der Waals surface area contributed by atoms with E-state index in [1.54, 1.807) is 19.1 Å². The summed E-state index contributed by atoms with van der Waals surface area (Å²) in [4.78, 5) is 0.0898. The van der Waals surface area contributed by atoms with E-state index in [-0.39, 0.29) is 17.1 Å². The van der Waals surface area contributed by atoms with Gasteiger partial charge in [0.05, 0.1) is 12.8 Å². The van der Waals surface area contributed by atoms with Crippen molar-refractivity contribution in [2.24, 2.45) is 0 Å². The molecule has 0 atom stereocenters. The zero-order chi connectivity index (χ0) is 13.8. The Morgan fingerprint density at radius 3 is 2.61 bits per heavy atom. The zero-order valence-corrected chi connectivity index (χ0v) is 11.4. The lowest BCUT2D eigenvalue weighted by Crippen LogP contribution is -2.31. The molecule has 0 heterocycles. The smallest absolute Gasteiger partial charge is 0.245 e. The van der Waals surface area contributed by atoms with E-state index in [0.29, 0.717) is 12.3 Å². The molecule has 1 aromatic carbocycles. The molecule has 6 heteroatoms. The van der Waals surface area contributed by atoms with Crippen LogP contribution in [-0.2, 0) is 10.0 Å². The van der Waals surface area contributed by atoms with Crippen molar-refractivity contribution in [3.63, 3.8) is 0 Å². The molecule has 0 aliphatic heterocycles. The minimum atomic E-state index is -3.59. The lowest BCUT2D eigenvalue weighted by Gasteiger charge is -2.19. The average molecular weight is 270 g/mol. The quantitative estimate of drug-likeness (QED) is 0.627. The summed E-state index contributed by atoms with van der Waals surface area (Å²) in [5, 5.41) is 0. The van der Waals surface area contributed by atoms with Crippen molar-refractivity contribution < 1.29 is 13.2 Å². The SMILES string of the molecule is C=CCN(CC)S(=O)(=O)c1ccc(OC)cc1N. The van der Waals surface area contributed by atoms with Gasteiger partial charge < -0.3 is 10.5 Å².